The summed E-state index contributed by atoms with van der Waals surface area (Å²) in [6.45, 7) is 3.07. The van der Waals surface area contributed by atoms with Crippen molar-refractivity contribution in [1.29, 1.82) is 0 Å². The van der Waals surface area contributed by atoms with Gasteiger partial charge in [0.2, 0.25) is 5.95 Å². The minimum atomic E-state index is -4.10. The fourth-order valence-electron chi connectivity index (χ4n) is 3.58. The number of fused-ring (bicyclic) bond motifs is 1. The number of nitrogens with zero attached hydrogens (tertiary/aromatic N) is 3. The fraction of sp³-hybridized carbons (Fsp3) is 0.632. The van der Waals surface area contributed by atoms with Crippen molar-refractivity contribution in [2.24, 2.45) is 0 Å². The molecule has 0 bridgehead atoms. The van der Waals surface area contributed by atoms with Crippen molar-refractivity contribution in [3.63, 3.8) is 0 Å². The number of hydrogen-bond donors (Lipinski definition) is 6. The van der Waals surface area contributed by atoms with Crippen molar-refractivity contribution in [3.05, 3.63) is 16.7 Å². The number of rotatable bonds is 12. The number of nitrogens with two attached hydrogens (primary N) is 1. The maximum atomic E-state index is 13.3. The van der Waals surface area contributed by atoms with Crippen LogP contribution in [-0.2, 0) is 32.9 Å². The number of hydrogen-bond acceptors (Lipinski definition) is 13. The number of ether oxygens (including phenoxy) is 3. The first-order valence-corrected chi connectivity index (χ1v) is 12.9. The van der Waals surface area contributed by atoms with Crippen LogP contribution in [-0.4, -0.2) is 92.4 Å². The smallest absolute Gasteiger partial charge is 0.341 e. The highest BCUT2D eigenvalue weighted by molar-refractivity contribution is 7.54. The number of aromatic nitrogens is 4. The molecule has 206 valence electrons. The first-order valence-electron chi connectivity index (χ1n) is 11.3. The first kappa shape index (κ1) is 28.6. The summed E-state index contributed by atoms with van der Waals surface area (Å²) in [5.74, 6) is -1.64. The van der Waals surface area contributed by atoms with E-state index < -0.39 is 68.9 Å². The van der Waals surface area contributed by atoms with Crippen molar-refractivity contribution in [1.82, 2.24) is 29.7 Å². The molecule has 1 saturated heterocycles. The summed E-state index contributed by atoms with van der Waals surface area (Å²) in [5.41, 5.74) is 2.99. The fourth-order valence-corrected chi connectivity index (χ4v) is 4.91. The number of imidazole rings is 1. The van der Waals surface area contributed by atoms with Crippen LogP contribution in [0, 0.1) is 0 Å². The molecule has 0 saturated carbocycles. The summed E-state index contributed by atoms with van der Waals surface area (Å²) in [6, 6.07) is 0. The number of aliphatic hydroxyl groups is 2. The molecule has 2 aromatic rings. The Morgan fingerprint density at radius 1 is 1.27 bits per heavy atom. The Morgan fingerprint density at radius 3 is 2.43 bits per heavy atom. The molecule has 17 nitrogen and oxygen atoms in total. The summed E-state index contributed by atoms with van der Waals surface area (Å²) in [7, 11) is -4.10. The molecule has 3 rings (SSSR count). The zero-order valence-corrected chi connectivity index (χ0v) is 21.3. The number of aromatic amines is 1. The standard InChI is InChI=1S/C19H30N7O10P/c1-4-33-11(27)6-22-37(32,23-7-12(28)34-5-2)35-8-10-14(29)19(3,31)17(36-10)26-9-21-13-15(26)24-18(20)25-16(13)30/h9-10,14,17,29,31H,4-8H2,1-3H3,(H2,22,23,32)(H3,20,24,25,30)/t10-,14?,17-,19?/m1/s1. The molecule has 0 radical (unpaired) electrons. The zero-order valence-electron chi connectivity index (χ0n) is 20.4. The SMILES string of the molecule is CCOC(=O)CNP(=O)(NCC(=O)OCC)OC[C@H]1O[C@@H](n2cnc3c(=O)[nH]c(N)nc32)C(C)(O)C1O. The zero-order chi connectivity index (χ0) is 27.4. The molecule has 0 spiro atoms. The molecular formula is C19H30N7O10P. The summed E-state index contributed by atoms with van der Waals surface area (Å²) < 4.78 is 35.3. The van der Waals surface area contributed by atoms with E-state index in [2.05, 4.69) is 25.1 Å². The third-order valence-electron chi connectivity index (χ3n) is 5.35. The van der Waals surface area contributed by atoms with Crippen molar-refractivity contribution in [2.75, 3.05) is 38.6 Å². The minimum Gasteiger partial charge on any atom is -0.465 e. The largest absolute Gasteiger partial charge is 0.465 e. The minimum absolute atomic E-state index is 0.00169. The van der Waals surface area contributed by atoms with Crippen LogP contribution in [0.3, 0.4) is 0 Å². The third kappa shape index (κ3) is 6.51. The third-order valence-corrected chi connectivity index (χ3v) is 7.01. The van der Waals surface area contributed by atoms with E-state index >= 15 is 0 Å². The average Bonchev–Trinajstić information content (AvgIpc) is 3.34. The molecular weight excluding hydrogens is 517 g/mol. The van der Waals surface area contributed by atoms with Crippen LogP contribution in [0.1, 0.15) is 27.0 Å². The number of anilines is 1. The van der Waals surface area contributed by atoms with E-state index in [9.17, 15) is 29.2 Å². The lowest BCUT2D eigenvalue weighted by Crippen LogP contribution is -2.44. The molecule has 0 aromatic carbocycles. The maximum absolute atomic E-state index is 13.3. The highest BCUT2D eigenvalue weighted by Crippen LogP contribution is 2.42. The number of carbonyl (C=O) groups excluding carboxylic acids is 2. The van der Waals surface area contributed by atoms with Crippen molar-refractivity contribution < 1.29 is 43.1 Å². The van der Waals surface area contributed by atoms with Gasteiger partial charge in [-0.1, -0.05) is 0 Å². The Labute approximate surface area is 210 Å². The molecule has 0 amide bonds. The van der Waals surface area contributed by atoms with Gasteiger partial charge in [0.1, 0.15) is 30.9 Å². The van der Waals surface area contributed by atoms with E-state index in [1.165, 1.54) is 17.8 Å². The van der Waals surface area contributed by atoms with Gasteiger partial charge in [0.15, 0.2) is 17.4 Å². The molecule has 4 atom stereocenters. The molecule has 3 heterocycles. The van der Waals surface area contributed by atoms with E-state index in [0.29, 0.717) is 0 Å². The Morgan fingerprint density at radius 2 is 1.86 bits per heavy atom. The number of H-pyrrole nitrogens is 1. The van der Waals surface area contributed by atoms with Crippen LogP contribution in [0.5, 0.6) is 0 Å². The normalized spacial score (nSPS) is 23.9. The topological polar surface area (TPSA) is 242 Å². The van der Waals surface area contributed by atoms with Crippen LogP contribution < -0.4 is 21.5 Å². The van der Waals surface area contributed by atoms with Crippen molar-refractivity contribution >= 4 is 36.7 Å². The molecule has 7 N–H and O–H groups in total. The molecule has 0 aliphatic carbocycles. The quantitative estimate of drug-likeness (QED) is 0.126. The van der Waals surface area contributed by atoms with Gasteiger partial charge in [0, 0.05) is 0 Å². The van der Waals surface area contributed by atoms with Gasteiger partial charge in [0.25, 0.3) is 5.56 Å². The Balaban J connectivity index is 1.77. The van der Waals surface area contributed by atoms with E-state index in [1.54, 1.807) is 13.8 Å². The second kappa shape index (κ2) is 11.6. The Bertz CT molecular complexity index is 1210. The second-order valence-electron chi connectivity index (χ2n) is 8.10. The molecule has 2 unspecified atom stereocenters. The molecule has 1 aliphatic heterocycles. The molecule has 18 heteroatoms. The number of aliphatic hydroxyl groups excluding tert-OH is 1. The van der Waals surface area contributed by atoms with Gasteiger partial charge in [0.05, 0.1) is 26.1 Å². The lowest BCUT2D eigenvalue weighted by atomic mass is 9.96. The van der Waals surface area contributed by atoms with Crippen LogP contribution >= 0.6 is 7.67 Å². The number of nitrogens with one attached hydrogen (secondary N) is 3. The molecule has 2 aromatic heterocycles. The lowest BCUT2D eigenvalue weighted by Gasteiger charge is -2.27. The molecule has 37 heavy (non-hydrogen) atoms. The highest BCUT2D eigenvalue weighted by Gasteiger charge is 2.54. The van der Waals surface area contributed by atoms with Gasteiger partial charge in [-0.3, -0.25) is 28.5 Å². The molecule has 1 fully saturated rings. The van der Waals surface area contributed by atoms with Gasteiger partial charge in [-0.25, -0.2) is 15.2 Å². The summed E-state index contributed by atoms with van der Waals surface area (Å²) in [5, 5.41) is 26.5. The number of carbonyl (C=O) groups is 2. The average molecular weight is 547 g/mol. The van der Waals surface area contributed by atoms with Crippen LogP contribution in [0.15, 0.2) is 11.1 Å². The first-order chi connectivity index (χ1) is 17.4. The van der Waals surface area contributed by atoms with Crippen LogP contribution in [0.2, 0.25) is 0 Å². The van der Waals surface area contributed by atoms with Gasteiger partial charge in [-0.15, -0.1) is 0 Å². The Hall–Kier alpha value is -2.92. The van der Waals surface area contributed by atoms with E-state index in [4.69, 9.17) is 24.5 Å². The molecule has 1 aliphatic rings. The number of nitrogen functional groups attached to an aromatic ring is 1. The van der Waals surface area contributed by atoms with E-state index in [0.717, 1.165) is 0 Å². The van der Waals surface area contributed by atoms with Crippen LogP contribution in [0.4, 0.5) is 5.95 Å². The van der Waals surface area contributed by atoms with Gasteiger partial charge in [-0.2, -0.15) is 4.98 Å². The summed E-state index contributed by atoms with van der Waals surface area (Å²) in [4.78, 5) is 45.8. The summed E-state index contributed by atoms with van der Waals surface area (Å²) in [6.07, 6.45) is -2.93. The summed E-state index contributed by atoms with van der Waals surface area (Å²) >= 11 is 0. The van der Waals surface area contributed by atoms with E-state index in [-0.39, 0.29) is 30.3 Å². The number of esters is 2. The maximum Gasteiger partial charge on any atom is 0.341 e. The van der Waals surface area contributed by atoms with Crippen molar-refractivity contribution in [2.45, 2.75) is 44.8 Å². The second-order valence-corrected chi connectivity index (χ2v) is 10.1. The highest BCUT2D eigenvalue weighted by atomic mass is 31.2. The van der Waals surface area contributed by atoms with Gasteiger partial charge in [-0.05, 0) is 20.8 Å². The predicted molar refractivity (Wildman–Crippen MR) is 126 cm³/mol. The predicted octanol–water partition coefficient (Wildman–Crippen LogP) is -1.86. The van der Waals surface area contributed by atoms with Crippen LogP contribution in [0.25, 0.3) is 11.2 Å². The van der Waals surface area contributed by atoms with Gasteiger partial charge >= 0.3 is 19.6 Å². The van der Waals surface area contributed by atoms with E-state index in [1.807, 2.05) is 0 Å². The Kier molecular flexibility index (Phi) is 9.01. The lowest BCUT2D eigenvalue weighted by molar-refractivity contribution is -0.142. The van der Waals surface area contributed by atoms with Crippen molar-refractivity contribution in [3.8, 4) is 0 Å². The monoisotopic (exact) mass is 547 g/mol. The van der Waals surface area contributed by atoms with Gasteiger partial charge < -0.3 is 34.7 Å².